The third kappa shape index (κ3) is 6.13. The average Bonchev–Trinajstić information content (AvgIpc) is 2.47. The van der Waals surface area contributed by atoms with E-state index in [0.29, 0.717) is 24.2 Å². The number of urea groups is 1. The summed E-state index contributed by atoms with van der Waals surface area (Å²) < 4.78 is 5.85. The number of rotatable bonds is 5. The van der Waals surface area contributed by atoms with Crippen LogP contribution in [0.15, 0.2) is 0 Å². The molecule has 0 aromatic carbocycles. The van der Waals surface area contributed by atoms with Crippen molar-refractivity contribution < 1.29 is 9.53 Å². The van der Waals surface area contributed by atoms with Crippen LogP contribution < -0.4 is 10.6 Å². The first-order valence-corrected chi connectivity index (χ1v) is 8.91. The second-order valence-corrected chi connectivity index (χ2v) is 7.28. The molecule has 1 aliphatic heterocycles. The summed E-state index contributed by atoms with van der Waals surface area (Å²) in [5.41, 5.74) is 0. The smallest absolute Gasteiger partial charge is 0.315 e. The van der Waals surface area contributed by atoms with Gasteiger partial charge < -0.3 is 20.3 Å². The highest BCUT2D eigenvalue weighted by Crippen LogP contribution is 2.22. The molecule has 1 heterocycles. The Balaban J connectivity index is 1.59. The fourth-order valence-corrected chi connectivity index (χ4v) is 3.64. The highest BCUT2D eigenvalue weighted by molar-refractivity contribution is 5.74. The van der Waals surface area contributed by atoms with E-state index in [1.807, 2.05) is 0 Å². The minimum atomic E-state index is 0.00135. The molecule has 22 heavy (non-hydrogen) atoms. The Morgan fingerprint density at radius 2 is 1.95 bits per heavy atom. The van der Waals surface area contributed by atoms with E-state index in [1.54, 1.807) is 0 Å². The zero-order valence-electron chi connectivity index (χ0n) is 14.4. The van der Waals surface area contributed by atoms with Crippen LogP contribution in [0.25, 0.3) is 0 Å². The Kier molecular flexibility index (Phi) is 6.96. The molecule has 2 N–H and O–H groups in total. The standard InChI is InChI=1S/C17H33N3O2/c1-13(2)22-16-8-6-15(7-9-16)19-17(21)18-11-14-5-4-10-20(3)12-14/h13-16H,4-12H2,1-3H3,(H2,18,19,21)/t14-,15?,16?/m1/s1. The maximum atomic E-state index is 12.0. The Labute approximate surface area is 135 Å². The van der Waals surface area contributed by atoms with Crippen molar-refractivity contribution in [1.29, 1.82) is 0 Å². The Morgan fingerprint density at radius 1 is 1.23 bits per heavy atom. The summed E-state index contributed by atoms with van der Waals surface area (Å²) in [4.78, 5) is 14.4. The van der Waals surface area contributed by atoms with Crippen molar-refractivity contribution >= 4 is 6.03 Å². The zero-order valence-corrected chi connectivity index (χ0v) is 14.4. The fraction of sp³-hybridized carbons (Fsp3) is 0.941. The number of amides is 2. The van der Waals surface area contributed by atoms with Gasteiger partial charge in [0.25, 0.3) is 0 Å². The number of ether oxygens (including phenoxy) is 1. The van der Waals surface area contributed by atoms with E-state index in [4.69, 9.17) is 4.74 Å². The quantitative estimate of drug-likeness (QED) is 0.819. The highest BCUT2D eigenvalue weighted by atomic mass is 16.5. The number of carbonyl (C=O) groups excluding carboxylic acids is 1. The van der Waals surface area contributed by atoms with E-state index >= 15 is 0 Å². The summed E-state index contributed by atoms with van der Waals surface area (Å²) in [7, 11) is 2.16. The second-order valence-electron chi connectivity index (χ2n) is 7.28. The Bertz CT molecular complexity index is 341. The van der Waals surface area contributed by atoms with Crippen LogP contribution in [-0.4, -0.2) is 55.9 Å². The molecule has 2 rings (SSSR count). The number of hydrogen-bond acceptors (Lipinski definition) is 3. The lowest BCUT2D eigenvalue weighted by molar-refractivity contribution is -0.0155. The first-order valence-electron chi connectivity index (χ1n) is 8.91. The molecular weight excluding hydrogens is 278 g/mol. The van der Waals surface area contributed by atoms with Crippen LogP contribution in [0, 0.1) is 5.92 Å². The molecule has 128 valence electrons. The second kappa shape index (κ2) is 8.73. The van der Waals surface area contributed by atoms with Crippen molar-refractivity contribution in [3.63, 3.8) is 0 Å². The van der Waals surface area contributed by atoms with Crippen molar-refractivity contribution in [2.75, 3.05) is 26.7 Å². The zero-order chi connectivity index (χ0) is 15.9. The van der Waals surface area contributed by atoms with Gasteiger partial charge in [-0.2, -0.15) is 0 Å². The van der Waals surface area contributed by atoms with E-state index in [2.05, 4.69) is 36.4 Å². The van der Waals surface area contributed by atoms with Crippen LogP contribution in [0.3, 0.4) is 0 Å². The van der Waals surface area contributed by atoms with E-state index < -0.39 is 0 Å². The van der Waals surface area contributed by atoms with Crippen molar-refractivity contribution in [1.82, 2.24) is 15.5 Å². The summed E-state index contributed by atoms with van der Waals surface area (Å²) in [6, 6.07) is 0.308. The van der Waals surface area contributed by atoms with Gasteiger partial charge in [0, 0.05) is 19.1 Å². The van der Waals surface area contributed by atoms with Crippen LogP contribution in [-0.2, 0) is 4.74 Å². The highest BCUT2D eigenvalue weighted by Gasteiger charge is 2.24. The number of piperidine rings is 1. The van der Waals surface area contributed by atoms with Crippen molar-refractivity contribution in [3.05, 3.63) is 0 Å². The molecule has 0 aromatic rings. The molecule has 0 spiro atoms. The van der Waals surface area contributed by atoms with E-state index in [9.17, 15) is 4.79 Å². The molecule has 0 bridgehead atoms. The SMILES string of the molecule is CC(C)OC1CCC(NC(=O)NC[C@H]2CCCN(C)C2)CC1. The largest absolute Gasteiger partial charge is 0.376 e. The molecule has 2 amide bonds. The van der Waals surface area contributed by atoms with Gasteiger partial charge in [-0.3, -0.25) is 0 Å². The van der Waals surface area contributed by atoms with Gasteiger partial charge in [-0.25, -0.2) is 4.79 Å². The van der Waals surface area contributed by atoms with Crippen LogP contribution in [0.4, 0.5) is 4.79 Å². The molecule has 1 atom stereocenters. The van der Waals surface area contributed by atoms with Gasteiger partial charge in [0.05, 0.1) is 12.2 Å². The summed E-state index contributed by atoms with van der Waals surface area (Å²) in [5.74, 6) is 0.597. The molecule has 0 aromatic heterocycles. The summed E-state index contributed by atoms with van der Waals surface area (Å²) in [6.07, 6.45) is 7.29. The maximum absolute atomic E-state index is 12.0. The normalized spacial score (nSPS) is 30.3. The van der Waals surface area contributed by atoms with Gasteiger partial charge in [-0.1, -0.05) is 0 Å². The molecule has 1 saturated heterocycles. The molecule has 5 heteroatoms. The molecule has 2 aliphatic rings. The lowest BCUT2D eigenvalue weighted by atomic mass is 9.93. The third-order valence-electron chi connectivity index (χ3n) is 4.75. The van der Waals surface area contributed by atoms with E-state index in [0.717, 1.165) is 38.8 Å². The van der Waals surface area contributed by atoms with E-state index in [-0.39, 0.29) is 6.03 Å². The predicted octanol–water partition coefficient (Wildman–Crippen LogP) is 2.36. The number of hydrogen-bond donors (Lipinski definition) is 2. The van der Waals surface area contributed by atoms with Crippen molar-refractivity contribution in [3.8, 4) is 0 Å². The predicted molar refractivity (Wildman–Crippen MR) is 89.0 cm³/mol. The molecular formula is C17H33N3O2. The van der Waals surface area contributed by atoms with Crippen molar-refractivity contribution in [2.45, 2.75) is 70.6 Å². The number of nitrogens with one attached hydrogen (secondary N) is 2. The lowest BCUT2D eigenvalue weighted by Crippen LogP contribution is -2.47. The Morgan fingerprint density at radius 3 is 2.59 bits per heavy atom. The van der Waals surface area contributed by atoms with Gasteiger partial charge in [-0.05, 0) is 71.9 Å². The number of nitrogens with zero attached hydrogens (tertiary/aromatic N) is 1. The molecule has 1 aliphatic carbocycles. The Hall–Kier alpha value is -0.810. The van der Waals surface area contributed by atoms with Crippen LogP contribution in [0.1, 0.15) is 52.4 Å². The minimum Gasteiger partial charge on any atom is -0.376 e. The van der Waals surface area contributed by atoms with Gasteiger partial charge in [-0.15, -0.1) is 0 Å². The van der Waals surface area contributed by atoms with Crippen LogP contribution in [0.5, 0.6) is 0 Å². The molecule has 0 radical (unpaired) electrons. The first kappa shape index (κ1) is 17.5. The topological polar surface area (TPSA) is 53.6 Å². The van der Waals surface area contributed by atoms with Gasteiger partial charge >= 0.3 is 6.03 Å². The maximum Gasteiger partial charge on any atom is 0.315 e. The third-order valence-corrected chi connectivity index (χ3v) is 4.75. The molecule has 5 nitrogen and oxygen atoms in total. The fourth-order valence-electron chi connectivity index (χ4n) is 3.64. The molecule has 1 saturated carbocycles. The minimum absolute atomic E-state index is 0.00135. The van der Waals surface area contributed by atoms with Gasteiger partial charge in [0.2, 0.25) is 0 Å². The average molecular weight is 311 g/mol. The summed E-state index contributed by atoms with van der Waals surface area (Å²) >= 11 is 0. The van der Waals surface area contributed by atoms with Crippen molar-refractivity contribution in [2.24, 2.45) is 5.92 Å². The van der Waals surface area contributed by atoms with Crippen LogP contribution in [0.2, 0.25) is 0 Å². The monoisotopic (exact) mass is 311 g/mol. The number of carbonyl (C=O) groups is 1. The lowest BCUT2D eigenvalue weighted by Gasteiger charge is -2.31. The van der Waals surface area contributed by atoms with E-state index in [1.165, 1.54) is 19.4 Å². The van der Waals surface area contributed by atoms with Gasteiger partial charge in [0.1, 0.15) is 0 Å². The first-order chi connectivity index (χ1) is 10.5. The number of likely N-dealkylation sites (tertiary alicyclic amines) is 1. The summed E-state index contributed by atoms with van der Waals surface area (Å²) in [5, 5.41) is 6.18. The molecule has 0 unspecified atom stereocenters. The molecule has 2 fully saturated rings. The van der Waals surface area contributed by atoms with Gasteiger partial charge in [0.15, 0.2) is 0 Å². The summed E-state index contributed by atoms with van der Waals surface area (Å²) in [6.45, 7) is 7.24. The van der Waals surface area contributed by atoms with Crippen LogP contribution >= 0.6 is 0 Å².